The van der Waals surface area contributed by atoms with E-state index in [1.807, 2.05) is 0 Å². The molecule has 1 aliphatic heterocycles. The fourth-order valence-corrected chi connectivity index (χ4v) is 3.66. The summed E-state index contributed by atoms with van der Waals surface area (Å²) in [6, 6.07) is 2.55. The molecule has 0 spiro atoms. The number of alkyl halides is 6. The standard InChI is InChI=1S/C18H19ClF6N2O3/c1-9-8-27(16(30)14(28)18(23,24)25)6-5-11(9)15(29)26(2)13-4-3-10(7-12(13)19)17(20,21)22/h3-4,7,9,11,14,28H,5-6,8H2,1-2H3/t9?,11?,14-/m1/s1. The van der Waals surface area contributed by atoms with Crippen LogP contribution < -0.4 is 4.90 Å². The number of hydrogen-bond acceptors (Lipinski definition) is 3. The number of anilines is 1. The number of carbonyl (C=O) groups excluding carboxylic acids is 2. The van der Waals surface area contributed by atoms with Crippen LogP contribution in [-0.2, 0) is 15.8 Å². The van der Waals surface area contributed by atoms with Crippen LogP contribution in [0.25, 0.3) is 0 Å². The third-order valence-corrected chi connectivity index (χ3v) is 5.35. The number of halogens is 7. The molecular formula is C18H19ClF6N2O3. The third kappa shape index (κ3) is 5.18. The van der Waals surface area contributed by atoms with E-state index in [1.54, 1.807) is 6.92 Å². The van der Waals surface area contributed by atoms with Crippen LogP contribution in [0.3, 0.4) is 0 Å². The fourth-order valence-electron chi connectivity index (χ4n) is 3.35. The van der Waals surface area contributed by atoms with Crippen LogP contribution in [0.2, 0.25) is 5.02 Å². The van der Waals surface area contributed by atoms with Crippen LogP contribution >= 0.6 is 11.6 Å². The van der Waals surface area contributed by atoms with Crippen LogP contribution in [0.1, 0.15) is 18.9 Å². The van der Waals surface area contributed by atoms with Gasteiger partial charge in [0.1, 0.15) is 0 Å². The molecule has 3 atom stereocenters. The second-order valence-corrected chi connectivity index (χ2v) is 7.57. The second kappa shape index (κ2) is 8.62. The van der Waals surface area contributed by atoms with Gasteiger partial charge in [-0.2, -0.15) is 26.3 Å². The van der Waals surface area contributed by atoms with Crippen molar-refractivity contribution >= 4 is 29.1 Å². The summed E-state index contributed by atoms with van der Waals surface area (Å²) >= 11 is 5.91. The maximum Gasteiger partial charge on any atom is 0.423 e. The molecule has 1 aliphatic rings. The van der Waals surface area contributed by atoms with E-state index in [-0.39, 0.29) is 30.2 Å². The molecule has 12 heteroatoms. The highest BCUT2D eigenvalue weighted by molar-refractivity contribution is 6.33. The van der Waals surface area contributed by atoms with Crippen LogP contribution in [0.4, 0.5) is 32.0 Å². The number of likely N-dealkylation sites (tertiary alicyclic amines) is 1. The molecule has 1 heterocycles. The van der Waals surface area contributed by atoms with Gasteiger partial charge < -0.3 is 14.9 Å². The molecule has 1 aromatic rings. The van der Waals surface area contributed by atoms with Gasteiger partial charge in [0.05, 0.1) is 16.3 Å². The monoisotopic (exact) mass is 460 g/mol. The van der Waals surface area contributed by atoms with Crippen LogP contribution in [-0.4, -0.2) is 54.2 Å². The van der Waals surface area contributed by atoms with E-state index in [2.05, 4.69) is 0 Å². The van der Waals surface area contributed by atoms with Crippen molar-refractivity contribution in [2.24, 2.45) is 11.8 Å². The van der Waals surface area contributed by atoms with Crippen molar-refractivity contribution in [1.82, 2.24) is 4.90 Å². The average Bonchev–Trinajstić information content (AvgIpc) is 2.64. The van der Waals surface area contributed by atoms with Crippen molar-refractivity contribution in [2.75, 3.05) is 25.0 Å². The van der Waals surface area contributed by atoms with Gasteiger partial charge in [-0.25, -0.2) is 0 Å². The van der Waals surface area contributed by atoms with E-state index >= 15 is 0 Å². The summed E-state index contributed by atoms with van der Waals surface area (Å²) < 4.78 is 76.0. The Morgan fingerprint density at radius 1 is 1.23 bits per heavy atom. The van der Waals surface area contributed by atoms with Gasteiger partial charge in [-0.1, -0.05) is 18.5 Å². The number of hydrogen-bond donors (Lipinski definition) is 1. The van der Waals surface area contributed by atoms with E-state index in [4.69, 9.17) is 16.7 Å². The average molecular weight is 461 g/mol. The molecule has 1 saturated heterocycles. The van der Waals surface area contributed by atoms with Gasteiger partial charge in [-0.05, 0) is 30.5 Å². The number of carbonyl (C=O) groups is 2. The quantitative estimate of drug-likeness (QED) is 0.699. The molecule has 1 aromatic carbocycles. The van der Waals surface area contributed by atoms with Crippen LogP contribution in [0.5, 0.6) is 0 Å². The fraction of sp³-hybridized carbons (Fsp3) is 0.556. The largest absolute Gasteiger partial charge is 0.423 e. The van der Waals surface area contributed by atoms with Gasteiger partial charge >= 0.3 is 12.4 Å². The summed E-state index contributed by atoms with van der Waals surface area (Å²) in [6.45, 7) is 1.20. The van der Waals surface area contributed by atoms with Gasteiger partial charge in [0.15, 0.2) is 0 Å². The SMILES string of the molecule is CC1CN(C(=O)[C@@H](O)C(F)(F)F)CCC1C(=O)N(C)c1ccc(C(F)(F)F)cc1Cl. The van der Waals surface area contributed by atoms with Gasteiger partial charge in [0.25, 0.3) is 5.91 Å². The maximum absolute atomic E-state index is 12.8. The van der Waals surface area contributed by atoms with Crippen LogP contribution in [0.15, 0.2) is 18.2 Å². The molecule has 2 rings (SSSR count). The first-order valence-corrected chi connectivity index (χ1v) is 9.20. The summed E-state index contributed by atoms with van der Waals surface area (Å²) in [6.07, 6.45) is -12.8. The number of nitrogens with zero attached hydrogens (tertiary/aromatic N) is 2. The van der Waals surface area contributed by atoms with E-state index in [9.17, 15) is 35.9 Å². The molecule has 30 heavy (non-hydrogen) atoms. The Labute approximate surface area is 173 Å². The Morgan fingerprint density at radius 2 is 1.83 bits per heavy atom. The predicted molar refractivity (Wildman–Crippen MR) is 95.8 cm³/mol. The van der Waals surface area contributed by atoms with Crippen molar-refractivity contribution in [3.8, 4) is 0 Å². The number of piperidine rings is 1. The molecule has 1 N–H and O–H groups in total. The lowest BCUT2D eigenvalue weighted by Crippen LogP contribution is -2.53. The summed E-state index contributed by atoms with van der Waals surface area (Å²) in [4.78, 5) is 26.6. The summed E-state index contributed by atoms with van der Waals surface area (Å²) in [5.41, 5.74) is -0.923. The molecule has 2 amide bonds. The molecule has 0 aliphatic carbocycles. The lowest BCUT2D eigenvalue weighted by atomic mass is 9.85. The van der Waals surface area contributed by atoms with Crippen molar-refractivity contribution in [3.05, 3.63) is 28.8 Å². The second-order valence-electron chi connectivity index (χ2n) is 7.16. The zero-order chi connectivity index (χ0) is 23.0. The number of benzene rings is 1. The number of aliphatic hydroxyl groups excluding tert-OH is 1. The molecule has 0 aromatic heterocycles. The first-order chi connectivity index (χ1) is 13.6. The van der Waals surface area contributed by atoms with E-state index in [0.29, 0.717) is 6.07 Å². The van der Waals surface area contributed by atoms with Gasteiger partial charge in [-0.15, -0.1) is 0 Å². The minimum absolute atomic E-state index is 0.0267. The van der Waals surface area contributed by atoms with Gasteiger partial charge in [0.2, 0.25) is 12.0 Å². The third-order valence-electron chi connectivity index (χ3n) is 5.05. The van der Waals surface area contributed by atoms with Gasteiger partial charge in [-0.3, -0.25) is 9.59 Å². The number of aliphatic hydroxyl groups is 1. The zero-order valence-electron chi connectivity index (χ0n) is 15.9. The van der Waals surface area contributed by atoms with E-state index in [1.165, 1.54) is 7.05 Å². The molecule has 1 fully saturated rings. The molecule has 0 radical (unpaired) electrons. The van der Waals surface area contributed by atoms with E-state index < -0.39 is 47.7 Å². The molecular weight excluding hydrogens is 442 g/mol. The van der Waals surface area contributed by atoms with Crippen LogP contribution in [0, 0.1) is 11.8 Å². The summed E-state index contributed by atoms with van der Waals surface area (Å²) in [5.74, 6) is -3.22. The Balaban J connectivity index is 2.11. The summed E-state index contributed by atoms with van der Waals surface area (Å²) in [5, 5.41) is 8.85. The predicted octanol–water partition coefficient (Wildman–Crippen LogP) is 3.73. The molecule has 2 unspecified atom stereocenters. The highest BCUT2D eigenvalue weighted by Crippen LogP contribution is 2.36. The van der Waals surface area contributed by atoms with Gasteiger partial charge in [0, 0.05) is 26.1 Å². The first kappa shape index (κ1) is 24.3. The smallest absolute Gasteiger partial charge is 0.376 e. The Morgan fingerprint density at radius 3 is 2.30 bits per heavy atom. The molecule has 5 nitrogen and oxygen atoms in total. The number of amides is 2. The topological polar surface area (TPSA) is 60.9 Å². The lowest BCUT2D eigenvalue weighted by molar-refractivity contribution is -0.211. The Hall–Kier alpha value is -2.01. The minimum atomic E-state index is -5.09. The normalized spacial score (nSPS) is 21.3. The molecule has 0 saturated carbocycles. The lowest BCUT2D eigenvalue weighted by Gasteiger charge is -2.38. The first-order valence-electron chi connectivity index (χ1n) is 8.82. The zero-order valence-corrected chi connectivity index (χ0v) is 16.6. The Kier molecular flexibility index (Phi) is 6.97. The molecule has 0 bridgehead atoms. The molecule has 168 valence electrons. The van der Waals surface area contributed by atoms with Crippen molar-refractivity contribution in [1.29, 1.82) is 0 Å². The minimum Gasteiger partial charge on any atom is -0.376 e. The van der Waals surface area contributed by atoms with Crippen molar-refractivity contribution in [3.63, 3.8) is 0 Å². The van der Waals surface area contributed by atoms with Crippen molar-refractivity contribution < 1.29 is 41.0 Å². The highest BCUT2D eigenvalue weighted by atomic mass is 35.5. The number of rotatable bonds is 3. The maximum atomic E-state index is 12.8. The Bertz CT molecular complexity index is 814. The van der Waals surface area contributed by atoms with E-state index in [0.717, 1.165) is 21.9 Å². The summed E-state index contributed by atoms with van der Waals surface area (Å²) in [7, 11) is 1.33. The van der Waals surface area contributed by atoms with Crippen molar-refractivity contribution in [2.45, 2.75) is 31.8 Å². The highest BCUT2D eigenvalue weighted by Gasteiger charge is 2.47.